The molecule has 0 bridgehead atoms. The Morgan fingerprint density at radius 2 is 2.11 bits per heavy atom. The fourth-order valence-corrected chi connectivity index (χ4v) is 3.67. The smallest absolute Gasteiger partial charge is 0.271 e. The van der Waals surface area contributed by atoms with Gasteiger partial charge in [-0.15, -0.1) is 0 Å². The van der Waals surface area contributed by atoms with E-state index < -0.39 is 0 Å². The first-order chi connectivity index (χ1) is 13.1. The first-order valence-electron chi connectivity index (χ1n) is 9.13. The molecule has 1 N–H and O–H groups in total. The molecule has 1 saturated heterocycles. The molecule has 1 fully saturated rings. The van der Waals surface area contributed by atoms with Crippen molar-refractivity contribution in [3.05, 3.63) is 47.8 Å². The quantitative estimate of drug-likeness (QED) is 0.761. The molecule has 0 atom stereocenters. The highest BCUT2D eigenvalue weighted by Gasteiger charge is 2.25. The molecule has 0 unspecified atom stereocenters. The predicted octanol–water partition coefficient (Wildman–Crippen LogP) is 2.57. The minimum Gasteiger partial charge on any atom is -0.361 e. The number of hydrogen-bond donors (Lipinski definition) is 1. The minimum atomic E-state index is 0.0219. The lowest BCUT2D eigenvalue weighted by molar-refractivity contribution is 0.0685. The van der Waals surface area contributed by atoms with Gasteiger partial charge < -0.3 is 14.4 Å². The van der Waals surface area contributed by atoms with Crippen LogP contribution in [0, 0.1) is 19.8 Å². The lowest BCUT2D eigenvalue weighted by atomic mass is 9.91. The number of carbonyl (C=O) groups excluding carboxylic acids is 1. The summed E-state index contributed by atoms with van der Waals surface area (Å²) in [5, 5.41) is 4.00. The van der Waals surface area contributed by atoms with Crippen LogP contribution in [0.3, 0.4) is 0 Å². The molecule has 140 valence electrons. The number of rotatable bonds is 4. The van der Waals surface area contributed by atoms with Gasteiger partial charge >= 0.3 is 0 Å². The van der Waals surface area contributed by atoms with Crippen molar-refractivity contribution in [2.75, 3.05) is 13.1 Å². The van der Waals surface area contributed by atoms with Crippen LogP contribution in [0.1, 0.15) is 40.5 Å². The molecular formula is C19H22N6O2. The summed E-state index contributed by atoms with van der Waals surface area (Å²) in [6, 6.07) is 2.02. The summed E-state index contributed by atoms with van der Waals surface area (Å²) in [4.78, 5) is 29.9. The van der Waals surface area contributed by atoms with Crippen molar-refractivity contribution in [2.24, 2.45) is 5.92 Å². The molecule has 3 aromatic rings. The Morgan fingerprint density at radius 1 is 1.30 bits per heavy atom. The zero-order chi connectivity index (χ0) is 18.8. The second-order valence-corrected chi connectivity index (χ2v) is 7.00. The van der Waals surface area contributed by atoms with Gasteiger partial charge in [0.15, 0.2) is 0 Å². The van der Waals surface area contributed by atoms with Crippen molar-refractivity contribution < 1.29 is 9.32 Å². The lowest BCUT2D eigenvalue weighted by Crippen LogP contribution is -2.39. The molecule has 0 saturated carbocycles. The highest BCUT2D eigenvalue weighted by molar-refractivity contribution is 5.92. The SMILES string of the molecule is Cc1noc(C)c1-c1cc(CC2CCN(C(=O)c3cnc[nH]3)CC2)ncn1. The Hall–Kier alpha value is -3.03. The number of imidazole rings is 1. The number of nitrogens with zero attached hydrogens (tertiary/aromatic N) is 5. The first-order valence-corrected chi connectivity index (χ1v) is 9.13. The number of piperidine rings is 1. The molecule has 0 aliphatic carbocycles. The van der Waals surface area contributed by atoms with Gasteiger partial charge in [-0.2, -0.15) is 0 Å². The highest BCUT2D eigenvalue weighted by Crippen LogP contribution is 2.27. The summed E-state index contributed by atoms with van der Waals surface area (Å²) in [6.07, 6.45) is 7.52. The zero-order valence-corrected chi connectivity index (χ0v) is 15.5. The molecule has 4 rings (SSSR count). The number of aromatic nitrogens is 5. The van der Waals surface area contributed by atoms with E-state index in [0.717, 1.165) is 60.8 Å². The normalized spacial score (nSPS) is 15.3. The van der Waals surface area contributed by atoms with Gasteiger partial charge in [0.25, 0.3) is 5.91 Å². The average molecular weight is 366 g/mol. The molecule has 8 heteroatoms. The van der Waals surface area contributed by atoms with Crippen LogP contribution < -0.4 is 0 Å². The second kappa shape index (κ2) is 7.30. The van der Waals surface area contributed by atoms with Crippen LogP contribution in [-0.4, -0.2) is 49.0 Å². The van der Waals surface area contributed by atoms with Gasteiger partial charge in [0.2, 0.25) is 0 Å². The van der Waals surface area contributed by atoms with Crippen LogP contribution in [0.25, 0.3) is 11.3 Å². The maximum atomic E-state index is 12.4. The van der Waals surface area contributed by atoms with E-state index in [1.165, 1.54) is 6.33 Å². The summed E-state index contributed by atoms with van der Waals surface area (Å²) in [7, 11) is 0. The number of aromatic amines is 1. The molecule has 1 aliphatic heterocycles. The molecule has 4 heterocycles. The van der Waals surface area contributed by atoms with Gasteiger partial charge in [-0.25, -0.2) is 15.0 Å². The molecule has 0 aromatic carbocycles. The van der Waals surface area contributed by atoms with Crippen molar-refractivity contribution in [3.8, 4) is 11.3 Å². The number of H-pyrrole nitrogens is 1. The van der Waals surface area contributed by atoms with Crippen molar-refractivity contribution in [1.29, 1.82) is 0 Å². The molecule has 27 heavy (non-hydrogen) atoms. The van der Waals surface area contributed by atoms with E-state index >= 15 is 0 Å². The summed E-state index contributed by atoms with van der Waals surface area (Å²) in [5.41, 5.74) is 4.19. The molecule has 0 spiro atoms. The number of hydrogen-bond acceptors (Lipinski definition) is 6. The molecular weight excluding hydrogens is 344 g/mol. The first kappa shape index (κ1) is 17.4. The Kier molecular flexibility index (Phi) is 4.70. The van der Waals surface area contributed by atoms with Crippen LogP contribution in [0.5, 0.6) is 0 Å². The monoisotopic (exact) mass is 366 g/mol. The third-order valence-electron chi connectivity index (χ3n) is 5.14. The molecule has 1 amide bonds. The summed E-state index contributed by atoms with van der Waals surface area (Å²) >= 11 is 0. The topological polar surface area (TPSA) is 101 Å². The maximum absolute atomic E-state index is 12.4. The van der Waals surface area contributed by atoms with Gasteiger partial charge in [0.1, 0.15) is 17.8 Å². The molecule has 8 nitrogen and oxygen atoms in total. The van der Waals surface area contributed by atoms with E-state index in [1.54, 1.807) is 12.5 Å². The fourth-order valence-electron chi connectivity index (χ4n) is 3.67. The second-order valence-electron chi connectivity index (χ2n) is 7.00. The number of amides is 1. The van der Waals surface area contributed by atoms with Crippen LogP contribution in [0.15, 0.2) is 29.4 Å². The fraction of sp³-hybridized carbons (Fsp3) is 0.421. The van der Waals surface area contributed by atoms with Gasteiger partial charge in [0.05, 0.1) is 29.5 Å². The van der Waals surface area contributed by atoms with Crippen molar-refractivity contribution >= 4 is 5.91 Å². The Labute approximate surface area is 157 Å². The minimum absolute atomic E-state index is 0.0219. The van der Waals surface area contributed by atoms with E-state index in [4.69, 9.17) is 4.52 Å². The predicted molar refractivity (Wildman–Crippen MR) is 97.9 cm³/mol. The Bertz CT molecular complexity index is 906. The summed E-state index contributed by atoms with van der Waals surface area (Å²) in [5.74, 6) is 1.29. The van der Waals surface area contributed by atoms with Gasteiger partial charge in [-0.05, 0) is 45.1 Å². The van der Waals surface area contributed by atoms with Crippen LogP contribution in [0.4, 0.5) is 0 Å². The average Bonchev–Trinajstić information content (AvgIpc) is 3.32. The summed E-state index contributed by atoms with van der Waals surface area (Å²) in [6.45, 7) is 5.32. The van der Waals surface area contributed by atoms with E-state index in [9.17, 15) is 4.79 Å². The number of likely N-dealkylation sites (tertiary alicyclic amines) is 1. The standard InChI is InChI=1S/C19H22N6O2/c1-12-18(13(2)27-24-12)16-8-15(21-11-23-16)7-14-3-5-25(6-4-14)19(26)17-9-20-10-22-17/h8-11,14H,3-7H2,1-2H3,(H,20,22). The van der Waals surface area contributed by atoms with E-state index in [0.29, 0.717) is 11.6 Å². The Balaban J connectivity index is 1.40. The van der Waals surface area contributed by atoms with Gasteiger partial charge in [-0.3, -0.25) is 4.79 Å². The zero-order valence-electron chi connectivity index (χ0n) is 15.5. The third kappa shape index (κ3) is 3.60. The summed E-state index contributed by atoms with van der Waals surface area (Å²) < 4.78 is 5.25. The van der Waals surface area contributed by atoms with Crippen molar-refractivity contribution in [2.45, 2.75) is 33.1 Å². The molecule has 0 radical (unpaired) electrons. The van der Waals surface area contributed by atoms with Crippen LogP contribution >= 0.6 is 0 Å². The molecule has 3 aromatic heterocycles. The largest absolute Gasteiger partial charge is 0.361 e. The van der Waals surface area contributed by atoms with E-state index in [2.05, 4.69) is 25.1 Å². The van der Waals surface area contributed by atoms with E-state index in [1.807, 2.05) is 24.8 Å². The highest BCUT2D eigenvalue weighted by atomic mass is 16.5. The number of nitrogens with one attached hydrogen (secondary N) is 1. The number of carbonyl (C=O) groups is 1. The third-order valence-corrected chi connectivity index (χ3v) is 5.14. The maximum Gasteiger partial charge on any atom is 0.271 e. The van der Waals surface area contributed by atoms with Crippen LogP contribution in [0.2, 0.25) is 0 Å². The van der Waals surface area contributed by atoms with Gasteiger partial charge in [0, 0.05) is 18.8 Å². The van der Waals surface area contributed by atoms with Crippen molar-refractivity contribution in [3.63, 3.8) is 0 Å². The number of aryl methyl sites for hydroxylation is 2. The van der Waals surface area contributed by atoms with E-state index in [-0.39, 0.29) is 5.91 Å². The van der Waals surface area contributed by atoms with Gasteiger partial charge in [-0.1, -0.05) is 5.16 Å². The Morgan fingerprint density at radius 3 is 2.78 bits per heavy atom. The van der Waals surface area contributed by atoms with Crippen LogP contribution in [-0.2, 0) is 6.42 Å². The molecule has 1 aliphatic rings. The van der Waals surface area contributed by atoms with Crippen molar-refractivity contribution in [1.82, 2.24) is 30.0 Å². The lowest BCUT2D eigenvalue weighted by Gasteiger charge is -2.31.